The van der Waals surface area contributed by atoms with Crippen LogP contribution in [-0.4, -0.2) is 57.0 Å². The minimum absolute atomic E-state index is 0.00120. The number of likely N-dealkylation sites (tertiary alicyclic amines) is 1. The molecule has 1 aliphatic rings. The van der Waals surface area contributed by atoms with Crippen molar-refractivity contribution in [1.82, 2.24) is 4.90 Å². The molecule has 1 aliphatic heterocycles. The number of hydrogen-bond acceptors (Lipinski definition) is 5. The van der Waals surface area contributed by atoms with Crippen LogP contribution in [0.3, 0.4) is 0 Å². The van der Waals surface area contributed by atoms with Crippen molar-refractivity contribution < 1.29 is 29.1 Å². The fourth-order valence-electron chi connectivity index (χ4n) is 4.57. The van der Waals surface area contributed by atoms with Gasteiger partial charge in [0.15, 0.2) is 0 Å². The Morgan fingerprint density at radius 1 is 0.895 bits per heavy atom. The number of amides is 1. The normalized spacial score (nSPS) is 16.7. The molecule has 0 aliphatic carbocycles. The first-order valence-electron chi connectivity index (χ1n) is 12.9. The highest BCUT2D eigenvalue weighted by atomic mass is 16.5. The predicted octanol–water partition coefficient (Wildman–Crippen LogP) is 2.21. The molecule has 38 heavy (non-hydrogen) atoms. The van der Waals surface area contributed by atoms with E-state index in [4.69, 9.17) is 9.47 Å². The van der Waals surface area contributed by atoms with E-state index in [1.807, 2.05) is 57.4 Å². The molecule has 3 aromatic rings. The van der Waals surface area contributed by atoms with Crippen LogP contribution in [0.1, 0.15) is 29.2 Å². The molecule has 0 radical (unpaired) electrons. The summed E-state index contributed by atoms with van der Waals surface area (Å²) in [6.45, 7) is 3.97. The van der Waals surface area contributed by atoms with Crippen LogP contribution in [0.15, 0.2) is 84.4 Å². The van der Waals surface area contributed by atoms with Crippen LogP contribution in [0.25, 0.3) is 5.76 Å². The van der Waals surface area contributed by atoms with Crippen molar-refractivity contribution in [2.45, 2.75) is 19.4 Å². The van der Waals surface area contributed by atoms with E-state index in [0.717, 1.165) is 17.9 Å². The summed E-state index contributed by atoms with van der Waals surface area (Å²) < 4.78 is 11.6. The van der Waals surface area contributed by atoms with E-state index < -0.39 is 23.5 Å². The zero-order valence-corrected chi connectivity index (χ0v) is 22.1. The molecule has 7 heteroatoms. The third-order valence-electron chi connectivity index (χ3n) is 6.54. The third-order valence-corrected chi connectivity index (χ3v) is 6.54. The number of nitrogens with zero attached hydrogens (tertiary/aromatic N) is 1. The van der Waals surface area contributed by atoms with E-state index in [0.29, 0.717) is 43.1 Å². The molecule has 1 saturated heterocycles. The number of nitrogens with one attached hydrogen (secondary N) is 1. The van der Waals surface area contributed by atoms with Crippen molar-refractivity contribution in [2.24, 2.45) is 0 Å². The summed E-state index contributed by atoms with van der Waals surface area (Å²) in [7, 11) is 4.07. The molecule has 0 aromatic heterocycles. The van der Waals surface area contributed by atoms with Crippen LogP contribution in [-0.2, 0) is 9.59 Å². The summed E-state index contributed by atoms with van der Waals surface area (Å²) in [6.07, 6.45) is 0.715. The number of para-hydroxylation sites is 1. The van der Waals surface area contributed by atoms with Gasteiger partial charge in [-0.25, -0.2) is 0 Å². The average Bonchev–Trinajstić information content (AvgIpc) is 3.17. The molecule has 0 saturated carbocycles. The molecule has 1 atom stereocenters. The highest BCUT2D eigenvalue weighted by molar-refractivity contribution is 6.46. The second-order valence-corrected chi connectivity index (χ2v) is 9.68. The zero-order chi connectivity index (χ0) is 27.1. The fourth-order valence-corrected chi connectivity index (χ4v) is 4.57. The summed E-state index contributed by atoms with van der Waals surface area (Å²) >= 11 is 0. The van der Waals surface area contributed by atoms with Gasteiger partial charge in [0.1, 0.15) is 24.7 Å². The van der Waals surface area contributed by atoms with Gasteiger partial charge in [0.2, 0.25) is 5.78 Å². The highest BCUT2D eigenvalue weighted by Crippen LogP contribution is 2.39. The van der Waals surface area contributed by atoms with E-state index in [9.17, 15) is 14.7 Å². The van der Waals surface area contributed by atoms with E-state index in [2.05, 4.69) is 0 Å². The van der Waals surface area contributed by atoms with Crippen LogP contribution in [0.4, 0.5) is 0 Å². The molecule has 0 spiro atoms. The lowest BCUT2D eigenvalue weighted by Gasteiger charge is -2.27. The van der Waals surface area contributed by atoms with Gasteiger partial charge in [-0.1, -0.05) is 66.4 Å². The van der Waals surface area contributed by atoms with Crippen molar-refractivity contribution >= 4 is 17.4 Å². The Morgan fingerprint density at radius 3 is 2.24 bits per heavy atom. The van der Waals surface area contributed by atoms with E-state index >= 15 is 0 Å². The molecule has 1 amide bonds. The first-order valence-corrected chi connectivity index (χ1v) is 12.9. The Kier molecular flexibility index (Phi) is 8.81. The number of carbonyl (C=O) groups excluding carboxylic acids is 2. The monoisotopic (exact) mass is 514 g/mol. The molecule has 7 nitrogen and oxygen atoms in total. The second kappa shape index (κ2) is 12.4. The van der Waals surface area contributed by atoms with Crippen LogP contribution in [0.2, 0.25) is 0 Å². The Labute approximate surface area is 223 Å². The minimum Gasteiger partial charge on any atom is -0.872 e. The van der Waals surface area contributed by atoms with Gasteiger partial charge >= 0.3 is 0 Å². The van der Waals surface area contributed by atoms with Gasteiger partial charge in [0.25, 0.3) is 5.91 Å². The number of ether oxygens (including phenoxy) is 2. The number of carbonyl (C=O) groups is 2. The molecule has 0 bridgehead atoms. The number of rotatable bonds is 11. The number of Topliss-reactive ketones (excluding diaryl/α,β-unsaturated/α-hetero) is 1. The molecule has 4 rings (SSSR count). The Bertz CT molecular complexity index is 1290. The summed E-state index contributed by atoms with van der Waals surface area (Å²) in [6, 6.07) is 22.9. The van der Waals surface area contributed by atoms with Crippen LogP contribution in [0, 0.1) is 6.92 Å². The first kappa shape index (κ1) is 26.9. The lowest BCUT2D eigenvalue weighted by molar-refractivity contribution is -0.858. The number of ketones is 1. The van der Waals surface area contributed by atoms with Crippen LogP contribution in [0.5, 0.6) is 11.5 Å². The molecule has 1 unspecified atom stereocenters. The summed E-state index contributed by atoms with van der Waals surface area (Å²) in [5.74, 6) is -0.310. The van der Waals surface area contributed by atoms with E-state index in [-0.39, 0.29) is 5.57 Å². The predicted molar refractivity (Wildman–Crippen MR) is 144 cm³/mol. The van der Waals surface area contributed by atoms with Gasteiger partial charge < -0.3 is 24.4 Å². The molecule has 1 fully saturated rings. The maximum Gasteiger partial charge on any atom is 0.295 e. The quantitative estimate of drug-likeness (QED) is 0.184. The van der Waals surface area contributed by atoms with Gasteiger partial charge in [0.05, 0.1) is 26.7 Å². The van der Waals surface area contributed by atoms with E-state index in [1.165, 1.54) is 9.80 Å². The van der Waals surface area contributed by atoms with Crippen molar-refractivity contribution in [2.75, 3.05) is 40.4 Å². The van der Waals surface area contributed by atoms with Gasteiger partial charge in [-0.05, 0) is 41.8 Å². The third kappa shape index (κ3) is 6.23. The standard InChI is InChI=1S/C31H34N2O5/c1-22-10-7-8-13-26(22)38-21-20-37-25-16-14-23(15-17-25)28-27(29(34)24-11-5-4-6-12-24)30(35)31(36)33(28)19-9-18-32(2)3/h4-8,10-17,28,34H,9,18-21H2,1-3H3. The number of hydrogen-bond donors (Lipinski definition) is 1. The maximum absolute atomic E-state index is 13.4. The number of quaternary nitrogens is 1. The smallest absolute Gasteiger partial charge is 0.295 e. The van der Waals surface area contributed by atoms with Gasteiger partial charge in [-0.2, -0.15) is 0 Å². The zero-order valence-electron chi connectivity index (χ0n) is 22.1. The summed E-state index contributed by atoms with van der Waals surface area (Å²) in [5.41, 5.74) is 2.15. The summed E-state index contributed by atoms with van der Waals surface area (Å²) in [4.78, 5) is 28.9. The Balaban J connectivity index is 1.53. The maximum atomic E-state index is 13.4. The topological polar surface area (TPSA) is 83.3 Å². The first-order chi connectivity index (χ1) is 18.4. The largest absolute Gasteiger partial charge is 0.872 e. The van der Waals surface area contributed by atoms with Gasteiger partial charge in [-0.3, -0.25) is 9.59 Å². The highest BCUT2D eigenvalue weighted by Gasteiger charge is 2.43. The summed E-state index contributed by atoms with van der Waals surface area (Å²) in [5, 5.41) is 13.4. The van der Waals surface area contributed by atoms with Crippen molar-refractivity contribution in [1.29, 1.82) is 0 Å². The molecular weight excluding hydrogens is 480 g/mol. The minimum atomic E-state index is -0.738. The Morgan fingerprint density at radius 2 is 1.55 bits per heavy atom. The Hall–Kier alpha value is -4.10. The lowest BCUT2D eigenvalue weighted by Crippen LogP contribution is -3.05. The average molecular weight is 515 g/mol. The van der Waals surface area contributed by atoms with Gasteiger partial charge in [0, 0.05) is 18.5 Å². The molecule has 1 heterocycles. The second-order valence-electron chi connectivity index (χ2n) is 9.68. The lowest BCUT2D eigenvalue weighted by atomic mass is 9.95. The van der Waals surface area contributed by atoms with Crippen LogP contribution >= 0.6 is 0 Å². The molecular formula is C31H34N2O5. The van der Waals surface area contributed by atoms with Gasteiger partial charge in [-0.15, -0.1) is 0 Å². The van der Waals surface area contributed by atoms with Crippen molar-refractivity contribution in [3.8, 4) is 11.5 Å². The fraction of sp³-hybridized carbons (Fsp3) is 0.290. The number of benzene rings is 3. The number of aryl methyl sites for hydroxylation is 1. The van der Waals surface area contributed by atoms with E-state index in [1.54, 1.807) is 42.5 Å². The van der Waals surface area contributed by atoms with Crippen LogP contribution < -0.4 is 19.5 Å². The SMILES string of the molecule is Cc1ccccc1OCCOc1ccc(C2C(=C([O-])c3ccccc3)C(=O)C(=O)N2CCC[NH+](C)C)cc1. The van der Waals surface area contributed by atoms with Crippen molar-refractivity contribution in [3.63, 3.8) is 0 Å². The molecule has 198 valence electrons. The molecule has 1 N–H and O–H groups in total. The van der Waals surface area contributed by atoms with Crippen molar-refractivity contribution in [3.05, 3.63) is 101 Å². The molecule has 3 aromatic carbocycles.